The highest BCUT2D eigenvalue weighted by Crippen LogP contribution is 2.24. The number of rotatable bonds is 6. The standard InChI is InChI=1S/C24H18FIN2O2/c1-16-4-2-3-5-22(16)28-24(29)19(14-27)12-18-8-11-23(21(26)13-18)30-15-17-6-9-20(25)10-7-17/h2-13H,15H2,1H3,(H,28,29)/b19-12-. The Morgan fingerprint density at radius 3 is 2.57 bits per heavy atom. The summed E-state index contributed by atoms with van der Waals surface area (Å²) in [5.74, 6) is -0.0809. The molecule has 0 spiro atoms. The van der Waals surface area contributed by atoms with Crippen molar-refractivity contribution in [2.24, 2.45) is 0 Å². The molecule has 3 rings (SSSR count). The molecule has 0 atom stereocenters. The number of carbonyl (C=O) groups excluding carboxylic acids is 1. The van der Waals surface area contributed by atoms with Crippen molar-refractivity contribution in [2.75, 3.05) is 5.32 Å². The van der Waals surface area contributed by atoms with Gasteiger partial charge in [0, 0.05) is 5.69 Å². The maximum Gasteiger partial charge on any atom is 0.266 e. The Morgan fingerprint density at radius 1 is 1.17 bits per heavy atom. The number of benzene rings is 3. The van der Waals surface area contributed by atoms with Crippen LogP contribution < -0.4 is 10.1 Å². The molecule has 0 saturated heterocycles. The molecule has 6 heteroatoms. The van der Waals surface area contributed by atoms with Crippen LogP contribution in [0.15, 0.2) is 72.3 Å². The Morgan fingerprint density at radius 2 is 1.90 bits per heavy atom. The lowest BCUT2D eigenvalue weighted by Crippen LogP contribution is -2.14. The maximum atomic E-state index is 13.0. The van der Waals surface area contributed by atoms with Gasteiger partial charge in [-0.2, -0.15) is 5.26 Å². The van der Waals surface area contributed by atoms with Crippen LogP contribution in [0.1, 0.15) is 16.7 Å². The monoisotopic (exact) mass is 512 g/mol. The van der Waals surface area contributed by atoms with Crippen molar-refractivity contribution in [1.29, 1.82) is 5.26 Å². The Kier molecular flexibility index (Phi) is 7.20. The van der Waals surface area contributed by atoms with Crippen LogP contribution in [0.3, 0.4) is 0 Å². The largest absolute Gasteiger partial charge is 0.488 e. The molecule has 0 saturated carbocycles. The summed E-state index contributed by atoms with van der Waals surface area (Å²) < 4.78 is 19.6. The Hall–Kier alpha value is -3.18. The van der Waals surface area contributed by atoms with Crippen LogP contribution in [0.5, 0.6) is 5.75 Å². The van der Waals surface area contributed by atoms with E-state index in [0.29, 0.717) is 23.6 Å². The molecule has 0 aliphatic heterocycles. The molecule has 0 heterocycles. The average molecular weight is 512 g/mol. The smallest absolute Gasteiger partial charge is 0.266 e. The summed E-state index contributed by atoms with van der Waals surface area (Å²) in [5.41, 5.74) is 3.16. The number of nitriles is 1. The van der Waals surface area contributed by atoms with Crippen LogP contribution in [0, 0.1) is 27.6 Å². The minimum atomic E-state index is -0.460. The first-order chi connectivity index (χ1) is 14.5. The van der Waals surface area contributed by atoms with Crippen LogP contribution in [-0.2, 0) is 11.4 Å². The quantitative estimate of drug-likeness (QED) is 0.256. The summed E-state index contributed by atoms with van der Waals surface area (Å²) >= 11 is 2.14. The van der Waals surface area contributed by atoms with Crippen molar-refractivity contribution in [2.45, 2.75) is 13.5 Å². The predicted octanol–water partition coefficient (Wildman–Crippen LogP) is 5.86. The lowest BCUT2D eigenvalue weighted by Gasteiger charge is -2.10. The van der Waals surface area contributed by atoms with Crippen molar-refractivity contribution < 1.29 is 13.9 Å². The molecule has 0 aromatic heterocycles. The van der Waals surface area contributed by atoms with Gasteiger partial charge in [0.25, 0.3) is 5.91 Å². The van der Waals surface area contributed by atoms with Gasteiger partial charge < -0.3 is 10.1 Å². The fourth-order valence-corrected chi connectivity index (χ4v) is 3.38. The SMILES string of the molecule is Cc1ccccc1NC(=O)/C(C#N)=C\c1ccc(OCc2ccc(F)cc2)c(I)c1. The molecule has 1 amide bonds. The minimum Gasteiger partial charge on any atom is -0.488 e. The summed E-state index contributed by atoms with van der Waals surface area (Å²) in [6.07, 6.45) is 1.54. The highest BCUT2D eigenvalue weighted by Gasteiger charge is 2.11. The fourth-order valence-electron chi connectivity index (χ4n) is 2.68. The van der Waals surface area contributed by atoms with Gasteiger partial charge >= 0.3 is 0 Å². The van der Waals surface area contributed by atoms with Crippen molar-refractivity contribution in [1.82, 2.24) is 0 Å². The predicted molar refractivity (Wildman–Crippen MR) is 123 cm³/mol. The van der Waals surface area contributed by atoms with Crippen molar-refractivity contribution in [3.63, 3.8) is 0 Å². The summed E-state index contributed by atoms with van der Waals surface area (Å²) in [4.78, 5) is 12.5. The highest BCUT2D eigenvalue weighted by molar-refractivity contribution is 14.1. The number of amides is 1. The number of aryl methyl sites for hydroxylation is 1. The van der Waals surface area contributed by atoms with Gasteiger partial charge in [-0.05, 0) is 82.6 Å². The van der Waals surface area contributed by atoms with Crippen LogP contribution in [-0.4, -0.2) is 5.91 Å². The Bertz CT molecular complexity index is 1130. The molecular formula is C24H18FIN2O2. The first-order valence-electron chi connectivity index (χ1n) is 9.12. The number of halogens is 2. The second-order valence-corrected chi connectivity index (χ2v) is 7.71. The first kappa shape index (κ1) is 21.5. The van der Waals surface area contributed by atoms with E-state index in [1.807, 2.05) is 37.3 Å². The Labute approximate surface area is 188 Å². The minimum absolute atomic E-state index is 0.00836. The van der Waals surface area contributed by atoms with Crippen LogP contribution >= 0.6 is 22.6 Å². The number of ether oxygens (including phenoxy) is 1. The van der Waals surface area contributed by atoms with Gasteiger partial charge in [-0.3, -0.25) is 4.79 Å². The third kappa shape index (κ3) is 5.67. The van der Waals surface area contributed by atoms with E-state index in [1.165, 1.54) is 12.1 Å². The average Bonchev–Trinajstić information content (AvgIpc) is 2.74. The summed E-state index contributed by atoms with van der Waals surface area (Å²) in [6.45, 7) is 2.20. The molecule has 30 heavy (non-hydrogen) atoms. The Balaban J connectivity index is 1.71. The van der Waals surface area contributed by atoms with E-state index in [0.717, 1.165) is 14.7 Å². The number of nitrogens with zero attached hydrogens (tertiary/aromatic N) is 1. The normalized spacial score (nSPS) is 10.9. The molecule has 0 aliphatic rings. The first-order valence-corrected chi connectivity index (χ1v) is 10.2. The van der Waals surface area contributed by atoms with E-state index >= 15 is 0 Å². The van der Waals surface area contributed by atoms with E-state index in [2.05, 4.69) is 27.9 Å². The second kappa shape index (κ2) is 10.0. The molecule has 3 aromatic carbocycles. The molecule has 4 nitrogen and oxygen atoms in total. The molecule has 1 N–H and O–H groups in total. The molecule has 0 radical (unpaired) electrons. The number of hydrogen-bond donors (Lipinski definition) is 1. The summed E-state index contributed by atoms with van der Waals surface area (Å²) in [6, 6.07) is 20.9. The van der Waals surface area contributed by atoms with Crippen LogP contribution in [0.25, 0.3) is 6.08 Å². The summed E-state index contributed by atoms with van der Waals surface area (Å²) in [7, 11) is 0. The third-order valence-electron chi connectivity index (χ3n) is 4.33. The number of nitrogens with one attached hydrogen (secondary N) is 1. The van der Waals surface area contributed by atoms with E-state index in [1.54, 1.807) is 36.4 Å². The summed E-state index contributed by atoms with van der Waals surface area (Å²) in [5, 5.41) is 12.2. The zero-order valence-electron chi connectivity index (χ0n) is 16.2. The van der Waals surface area contributed by atoms with Gasteiger partial charge in [-0.15, -0.1) is 0 Å². The third-order valence-corrected chi connectivity index (χ3v) is 5.18. The lowest BCUT2D eigenvalue weighted by molar-refractivity contribution is -0.112. The number of para-hydroxylation sites is 1. The zero-order valence-corrected chi connectivity index (χ0v) is 18.3. The van der Waals surface area contributed by atoms with E-state index in [9.17, 15) is 14.4 Å². The molecule has 0 aliphatic carbocycles. The van der Waals surface area contributed by atoms with Gasteiger partial charge in [0.2, 0.25) is 0 Å². The van der Waals surface area contributed by atoms with Crippen molar-refractivity contribution >= 4 is 40.3 Å². The molecule has 150 valence electrons. The molecule has 0 fully saturated rings. The lowest BCUT2D eigenvalue weighted by atomic mass is 10.1. The number of carbonyl (C=O) groups is 1. The number of anilines is 1. The number of hydrogen-bond acceptors (Lipinski definition) is 3. The zero-order chi connectivity index (χ0) is 21.5. The van der Waals surface area contributed by atoms with Crippen molar-refractivity contribution in [3.8, 4) is 11.8 Å². The molecule has 0 unspecified atom stereocenters. The fraction of sp³-hybridized carbons (Fsp3) is 0.0833. The van der Waals surface area contributed by atoms with E-state index in [-0.39, 0.29) is 11.4 Å². The van der Waals surface area contributed by atoms with Crippen LogP contribution in [0.4, 0.5) is 10.1 Å². The van der Waals surface area contributed by atoms with Gasteiger partial charge in [0.1, 0.15) is 29.8 Å². The molecular weight excluding hydrogens is 494 g/mol. The molecule has 3 aromatic rings. The van der Waals surface area contributed by atoms with Gasteiger partial charge in [-0.25, -0.2) is 4.39 Å². The van der Waals surface area contributed by atoms with Crippen molar-refractivity contribution in [3.05, 3.63) is 98.4 Å². The maximum absolute atomic E-state index is 13.0. The van der Waals surface area contributed by atoms with Gasteiger partial charge in [0.15, 0.2) is 0 Å². The second-order valence-electron chi connectivity index (χ2n) is 6.54. The van der Waals surface area contributed by atoms with Gasteiger partial charge in [0.05, 0.1) is 3.57 Å². The van der Waals surface area contributed by atoms with Crippen LogP contribution in [0.2, 0.25) is 0 Å². The topological polar surface area (TPSA) is 62.1 Å². The van der Waals surface area contributed by atoms with E-state index in [4.69, 9.17) is 4.74 Å². The highest BCUT2D eigenvalue weighted by atomic mass is 127. The molecule has 0 bridgehead atoms. The van der Waals surface area contributed by atoms with E-state index < -0.39 is 5.91 Å². The van der Waals surface area contributed by atoms with Gasteiger partial charge in [-0.1, -0.05) is 36.4 Å².